The van der Waals surface area contributed by atoms with E-state index in [1.54, 1.807) is 13.0 Å². The number of rotatable bonds is 5. The van der Waals surface area contributed by atoms with Gasteiger partial charge in [0.05, 0.1) is 22.6 Å². The number of anilines is 1. The third kappa shape index (κ3) is 4.14. The zero-order valence-corrected chi connectivity index (χ0v) is 13.5. The highest BCUT2D eigenvalue weighted by Gasteiger charge is 2.17. The second-order valence-corrected chi connectivity index (χ2v) is 4.89. The van der Waals surface area contributed by atoms with Gasteiger partial charge in [0.25, 0.3) is 5.91 Å². The fourth-order valence-corrected chi connectivity index (χ4v) is 2.04. The van der Waals surface area contributed by atoms with E-state index >= 15 is 0 Å². The summed E-state index contributed by atoms with van der Waals surface area (Å²) in [7, 11) is 0. The largest absolute Gasteiger partial charge is 0.397 e. The van der Waals surface area contributed by atoms with Crippen LogP contribution in [0, 0.1) is 11.6 Å². The van der Waals surface area contributed by atoms with Gasteiger partial charge in [0.2, 0.25) is 0 Å². The molecule has 0 spiro atoms. The predicted molar refractivity (Wildman–Crippen MR) is 93.9 cm³/mol. The molecule has 0 aliphatic heterocycles. The minimum absolute atomic E-state index is 0.0308. The van der Waals surface area contributed by atoms with Crippen LogP contribution in [-0.4, -0.2) is 17.1 Å². The van der Waals surface area contributed by atoms with E-state index in [4.69, 9.17) is 5.73 Å². The van der Waals surface area contributed by atoms with Crippen LogP contribution in [0.5, 0.6) is 0 Å². The van der Waals surface area contributed by atoms with Gasteiger partial charge in [-0.2, -0.15) is 0 Å². The zero-order chi connectivity index (χ0) is 18.4. The summed E-state index contributed by atoms with van der Waals surface area (Å²) < 4.78 is 27.9. The van der Waals surface area contributed by atoms with Gasteiger partial charge in [0, 0.05) is 12.4 Å². The lowest BCUT2D eigenvalue weighted by Crippen LogP contribution is -2.25. The van der Waals surface area contributed by atoms with Crippen LogP contribution in [0.15, 0.2) is 59.9 Å². The summed E-state index contributed by atoms with van der Waals surface area (Å²) >= 11 is 0. The lowest BCUT2D eigenvalue weighted by Gasteiger charge is -2.10. The number of amides is 1. The van der Waals surface area contributed by atoms with Crippen molar-refractivity contribution in [3.05, 3.63) is 72.2 Å². The quantitative estimate of drug-likeness (QED) is 0.817. The number of nitrogen functional groups attached to an aromatic ring is 1. The van der Waals surface area contributed by atoms with Crippen molar-refractivity contribution < 1.29 is 13.6 Å². The van der Waals surface area contributed by atoms with Crippen LogP contribution in [0.3, 0.4) is 0 Å². The predicted octanol–water partition coefficient (Wildman–Crippen LogP) is 3.46. The van der Waals surface area contributed by atoms with Crippen molar-refractivity contribution in [3.63, 3.8) is 0 Å². The number of aliphatic imine (C=N–C) groups is 1. The molecule has 3 N–H and O–H groups in total. The van der Waals surface area contributed by atoms with E-state index in [0.29, 0.717) is 5.70 Å². The molecule has 1 aromatic carbocycles. The van der Waals surface area contributed by atoms with Crippen LogP contribution in [0.4, 0.5) is 14.5 Å². The van der Waals surface area contributed by atoms with Gasteiger partial charge in [-0.3, -0.25) is 9.79 Å². The molecule has 0 atom stereocenters. The Labute approximate surface area is 143 Å². The van der Waals surface area contributed by atoms with Gasteiger partial charge in [-0.25, -0.2) is 13.8 Å². The third-order valence-corrected chi connectivity index (χ3v) is 3.25. The van der Waals surface area contributed by atoms with Crippen molar-refractivity contribution in [3.8, 4) is 11.3 Å². The number of carbonyl (C=O) groups excluding carboxylic acids is 1. The summed E-state index contributed by atoms with van der Waals surface area (Å²) in [5.74, 6) is -2.19. The molecule has 0 radical (unpaired) electrons. The summed E-state index contributed by atoms with van der Waals surface area (Å²) in [4.78, 5) is 20.2. The van der Waals surface area contributed by atoms with Gasteiger partial charge in [-0.1, -0.05) is 18.7 Å². The first-order valence-corrected chi connectivity index (χ1v) is 7.30. The van der Waals surface area contributed by atoms with Crippen molar-refractivity contribution in [1.82, 2.24) is 10.3 Å². The normalized spacial score (nSPS) is 11.6. The lowest BCUT2D eigenvalue weighted by molar-refractivity contribution is 0.0964. The third-order valence-electron chi connectivity index (χ3n) is 3.25. The first kappa shape index (κ1) is 18.0. The van der Waals surface area contributed by atoms with E-state index in [0.717, 1.165) is 12.1 Å². The molecule has 1 amide bonds. The van der Waals surface area contributed by atoms with E-state index in [1.807, 2.05) is 0 Å². The Kier molecular flexibility index (Phi) is 5.73. The first-order chi connectivity index (χ1) is 12.0. The molecule has 7 heteroatoms. The highest BCUT2D eigenvalue weighted by molar-refractivity contribution is 6.01. The lowest BCUT2D eigenvalue weighted by atomic mass is 10.1. The zero-order valence-electron chi connectivity index (χ0n) is 13.5. The molecular formula is C18H16F2N4O. The maximum atomic E-state index is 13.9. The second kappa shape index (κ2) is 7.96. The number of hydrogen-bond acceptors (Lipinski definition) is 4. The summed E-state index contributed by atoms with van der Waals surface area (Å²) in [6.07, 6.45) is 4.31. The molecule has 0 fully saturated rings. The van der Waals surface area contributed by atoms with Crippen LogP contribution >= 0.6 is 0 Å². The number of nitrogens with zero attached hydrogens (tertiary/aromatic N) is 2. The number of benzene rings is 1. The van der Waals surface area contributed by atoms with Crippen molar-refractivity contribution in [2.45, 2.75) is 6.92 Å². The second-order valence-electron chi connectivity index (χ2n) is 4.89. The van der Waals surface area contributed by atoms with Crippen LogP contribution in [0.1, 0.15) is 17.4 Å². The van der Waals surface area contributed by atoms with Gasteiger partial charge in [0.15, 0.2) is 5.69 Å². The van der Waals surface area contributed by atoms with E-state index < -0.39 is 17.5 Å². The number of carbonyl (C=O) groups is 1. The SMILES string of the molecule is C=CN=C/C(=C\C)NC(=O)c1nc(-c2c(F)cccc2F)ccc1N. The van der Waals surface area contributed by atoms with Crippen LogP contribution in [-0.2, 0) is 0 Å². The standard InChI is InChI=1S/C18H16F2N4O/c1-3-11(10-22-4-2)23-18(25)17-14(21)8-9-15(24-17)16-12(19)6-5-7-13(16)20/h3-10H,2,21H2,1H3,(H,23,25)/b11-3+,22-10?. The minimum Gasteiger partial charge on any atom is -0.397 e. The Hall–Kier alpha value is -3.35. The fourth-order valence-electron chi connectivity index (χ4n) is 2.04. The van der Waals surface area contributed by atoms with E-state index in [9.17, 15) is 13.6 Å². The first-order valence-electron chi connectivity index (χ1n) is 7.30. The molecular weight excluding hydrogens is 326 g/mol. The average molecular weight is 342 g/mol. The monoisotopic (exact) mass is 342 g/mol. The Morgan fingerprint density at radius 3 is 2.56 bits per heavy atom. The van der Waals surface area contributed by atoms with E-state index in [1.165, 1.54) is 30.6 Å². The van der Waals surface area contributed by atoms with Crippen LogP contribution in [0.2, 0.25) is 0 Å². The topological polar surface area (TPSA) is 80.4 Å². The van der Waals surface area contributed by atoms with E-state index in [2.05, 4.69) is 21.9 Å². The number of hydrogen-bond donors (Lipinski definition) is 2. The maximum Gasteiger partial charge on any atom is 0.276 e. The summed E-state index contributed by atoms with van der Waals surface area (Å²) in [5, 5.41) is 2.56. The highest BCUT2D eigenvalue weighted by Crippen LogP contribution is 2.26. The molecule has 1 aromatic heterocycles. The molecule has 1 heterocycles. The maximum absolute atomic E-state index is 13.9. The van der Waals surface area contributed by atoms with Gasteiger partial charge >= 0.3 is 0 Å². The number of nitrogens with two attached hydrogens (primary N) is 1. The molecule has 0 saturated heterocycles. The molecule has 0 unspecified atom stereocenters. The molecule has 5 nitrogen and oxygen atoms in total. The van der Waals surface area contributed by atoms with Crippen molar-refractivity contribution in [1.29, 1.82) is 0 Å². The van der Waals surface area contributed by atoms with E-state index in [-0.39, 0.29) is 22.6 Å². The molecule has 0 aliphatic rings. The fraction of sp³-hybridized carbons (Fsp3) is 0.0556. The number of allylic oxidation sites excluding steroid dienone is 2. The molecule has 2 rings (SSSR count). The molecule has 0 bridgehead atoms. The Morgan fingerprint density at radius 2 is 1.96 bits per heavy atom. The molecule has 25 heavy (non-hydrogen) atoms. The number of nitrogens with one attached hydrogen (secondary N) is 1. The van der Waals surface area contributed by atoms with Crippen molar-refractivity contribution in [2.75, 3.05) is 5.73 Å². The number of pyridine rings is 1. The van der Waals surface area contributed by atoms with Crippen molar-refractivity contribution >= 4 is 17.8 Å². The summed E-state index contributed by atoms with van der Waals surface area (Å²) in [6, 6.07) is 6.19. The van der Waals surface area contributed by atoms with Gasteiger partial charge in [0.1, 0.15) is 11.6 Å². The molecule has 0 saturated carbocycles. The minimum atomic E-state index is -0.782. The van der Waals surface area contributed by atoms with Gasteiger partial charge < -0.3 is 11.1 Å². The highest BCUT2D eigenvalue weighted by atomic mass is 19.1. The number of halogens is 2. The smallest absolute Gasteiger partial charge is 0.276 e. The van der Waals surface area contributed by atoms with Crippen LogP contribution < -0.4 is 11.1 Å². The molecule has 2 aromatic rings. The van der Waals surface area contributed by atoms with Crippen LogP contribution in [0.25, 0.3) is 11.3 Å². The number of aromatic nitrogens is 1. The summed E-state index contributed by atoms with van der Waals surface area (Å²) in [5.41, 5.74) is 5.76. The average Bonchev–Trinajstić information content (AvgIpc) is 2.59. The van der Waals surface area contributed by atoms with Gasteiger partial charge in [-0.15, -0.1) is 0 Å². The Balaban J connectivity index is 2.41. The van der Waals surface area contributed by atoms with Crippen molar-refractivity contribution in [2.24, 2.45) is 4.99 Å². The van der Waals surface area contributed by atoms with Gasteiger partial charge in [-0.05, 0) is 31.2 Å². The Bertz CT molecular complexity index is 855. The molecule has 0 aliphatic carbocycles. The molecule has 128 valence electrons. The Morgan fingerprint density at radius 1 is 1.28 bits per heavy atom. The summed E-state index contributed by atoms with van der Waals surface area (Å²) in [6.45, 7) is 5.14.